The Morgan fingerprint density at radius 1 is 1.15 bits per heavy atom. The minimum atomic E-state index is -3.79. The Balaban J connectivity index is 1.79. The lowest BCUT2D eigenvalue weighted by molar-refractivity contribution is 0.0686. The van der Waals surface area contributed by atoms with Crippen molar-refractivity contribution >= 4 is 26.8 Å². The molecule has 1 aromatic heterocycles. The molecule has 27 heavy (non-hydrogen) atoms. The maximum absolute atomic E-state index is 13.3. The van der Waals surface area contributed by atoms with Crippen molar-refractivity contribution in [3.8, 4) is 0 Å². The molecule has 0 bridgehead atoms. The summed E-state index contributed by atoms with van der Waals surface area (Å²) in [6.45, 7) is 0.424. The van der Waals surface area contributed by atoms with Crippen LogP contribution in [0.3, 0.4) is 0 Å². The predicted molar refractivity (Wildman–Crippen MR) is 102 cm³/mol. The summed E-state index contributed by atoms with van der Waals surface area (Å²) < 4.78 is 29.4. The Kier molecular flexibility index (Phi) is 4.28. The largest absolute Gasteiger partial charge is 0.477 e. The van der Waals surface area contributed by atoms with E-state index in [-0.39, 0.29) is 16.6 Å². The molecule has 6 nitrogen and oxygen atoms in total. The first-order chi connectivity index (χ1) is 12.9. The van der Waals surface area contributed by atoms with E-state index in [1.165, 1.54) is 28.2 Å². The molecule has 0 radical (unpaired) electrons. The Morgan fingerprint density at radius 2 is 1.89 bits per heavy atom. The standard InChI is InChI=1S/C20H20N2O4S/c1-21-13-15(12-19(21)20(23)24)27(25,26)22-11-5-10-18(22)17-9-4-7-14-6-2-3-8-16(14)17/h2-4,6-9,12-13,18H,5,10-11H2,1H3,(H,23,24). The van der Waals surface area contributed by atoms with E-state index in [2.05, 4.69) is 0 Å². The zero-order chi connectivity index (χ0) is 19.2. The van der Waals surface area contributed by atoms with Gasteiger partial charge in [-0.05, 0) is 35.2 Å². The fourth-order valence-corrected chi connectivity index (χ4v) is 5.65. The van der Waals surface area contributed by atoms with E-state index in [1.807, 2.05) is 42.5 Å². The predicted octanol–water partition coefficient (Wildman–Crippen LogP) is 3.40. The molecule has 1 aliphatic heterocycles. The number of aromatic carboxylic acids is 1. The Labute approximate surface area is 157 Å². The van der Waals surface area contributed by atoms with Crippen molar-refractivity contribution in [2.24, 2.45) is 7.05 Å². The summed E-state index contributed by atoms with van der Waals surface area (Å²) in [5.74, 6) is -1.15. The number of carboxylic acid groups (broad SMARTS) is 1. The van der Waals surface area contributed by atoms with Gasteiger partial charge in [0.05, 0.1) is 6.04 Å². The molecule has 3 aromatic rings. The quantitative estimate of drug-likeness (QED) is 0.748. The molecule has 0 spiro atoms. The monoisotopic (exact) mass is 384 g/mol. The SMILES string of the molecule is Cn1cc(S(=O)(=O)N2CCCC2c2cccc3ccccc23)cc1C(=O)O. The van der Waals surface area contributed by atoms with Gasteiger partial charge in [-0.2, -0.15) is 4.31 Å². The molecular formula is C20H20N2O4S. The van der Waals surface area contributed by atoms with Crippen LogP contribution in [0.25, 0.3) is 10.8 Å². The van der Waals surface area contributed by atoms with Crippen molar-refractivity contribution in [1.29, 1.82) is 0 Å². The Bertz CT molecular complexity index is 1130. The van der Waals surface area contributed by atoms with Crippen LogP contribution < -0.4 is 0 Å². The van der Waals surface area contributed by atoms with Crippen LogP contribution in [0, 0.1) is 0 Å². The maximum atomic E-state index is 13.3. The van der Waals surface area contributed by atoms with Crippen LogP contribution in [-0.2, 0) is 17.1 Å². The first-order valence-corrected chi connectivity index (χ1v) is 10.2. The molecule has 2 aromatic carbocycles. The van der Waals surface area contributed by atoms with Gasteiger partial charge in [-0.3, -0.25) is 0 Å². The summed E-state index contributed by atoms with van der Waals surface area (Å²) in [6.07, 6.45) is 2.88. The highest BCUT2D eigenvalue weighted by atomic mass is 32.2. The lowest BCUT2D eigenvalue weighted by Crippen LogP contribution is -2.30. The number of benzene rings is 2. The highest BCUT2D eigenvalue weighted by molar-refractivity contribution is 7.89. The Hall–Kier alpha value is -2.64. The molecule has 7 heteroatoms. The maximum Gasteiger partial charge on any atom is 0.352 e. The summed E-state index contributed by atoms with van der Waals surface area (Å²) in [4.78, 5) is 11.3. The second kappa shape index (κ2) is 6.51. The summed E-state index contributed by atoms with van der Waals surface area (Å²) in [6, 6.07) is 14.9. The van der Waals surface area contributed by atoms with Crippen LogP contribution in [0.4, 0.5) is 0 Å². The summed E-state index contributed by atoms with van der Waals surface area (Å²) in [7, 11) is -2.25. The van der Waals surface area contributed by atoms with Gasteiger partial charge in [-0.1, -0.05) is 42.5 Å². The molecule has 1 saturated heterocycles. The number of carboxylic acids is 1. The Morgan fingerprint density at radius 3 is 2.63 bits per heavy atom. The summed E-state index contributed by atoms with van der Waals surface area (Å²) in [5.41, 5.74) is 0.943. The lowest BCUT2D eigenvalue weighted by atomic mass is 9.98. The molecular weight excluding hydrogens is 364 g/mol. The van der Waals surface area contributed by atoms with Gasteiger partial charge >= 0.3 is 5.97 Å². The van der Waals surface area contributed by atoms with E-state index >= 15 is 0 Å². The number of rotatable bonds is 4. The molecule has 1 N–H and O–H groups in total. The molecule has 2 heterocycles. The minimum Gasteiger partial charge on any atom is -0.477 e. The fourth-order valence-electron chi connectivity index (χ4n) is 3.90. The van der Waals surface area contributed by atoms with Crippen molar-refractivity contribution in [3.63, 3.8) is 0 Å². The van der Waals surface area contributed by atoms with Crippen LogP contribution in [0.2, 0.25) is 0 Å². The van der Waals surface area contributed by atoms with Crippen LogP contribution >= 0.6 is 0 Å². The topological polar surface area (TPSA) is 79.6 Å². The van der Waals surface area contributed by atoms with Crippen LogP contribution in [0.5, 0.6) is 0 Å². The number of hydrogen-bond donors (Lipinski definition) is 1. The van der Waals surface area contributed by atoms with Crippen molar-refractivity contribution < 1.29 is 18.3 Å². The minimum absolute atomic E-state index is 0.0227. The molecule has 1 unspecified atom stereocenters. The van der Waals surface area contributed by atoms with E-state index in [9.17, 15) is 18.3 Å². The van der Waals surface area contributed by atoms with Crippen molar-refractivity contribution in [3.05, 3.63) is 66.0 Å². The fraction of sp³-hybridized carbons (Fsp3) is 0.250. The molecule has 0 saturated carbocycles. The van der Waals surface area contributed by atoms with Gasteiger partial charge in [-0.15, -0.1) is 0 Å². The van der Waals surface area contributed by atoms with Gasteiger partial charge in [-0.25, -0.2) is 13.2 Å². The molecule has 0 amide bonds. The summed E-state index contributed by atoms with van der Waals surface area (Å²) >= 11 is 0. The van der Waals surface area contributed by atoms with Gasteiger partial charge in [0.25, 0.3) is 0 Å². The van der Waals surface area contributed by atoms with Gasteiger partial charge in [0.2, 0.25) is 10.0 Å². The number of sulfonamides is 1. The molecule has 1 fully saturated rings. The average Bonchev–Trinajstić information content (AvgIpc) is 3.28. The number of aromatic nitrogens is 1. The zero-order valence-corrected chi connectivity index (χ0v) is 15.7. The molecule has 1 atom stereocenters. The first kappa shape index (κ1) is 17.8. The first-order valence-electron chi connectivity index (χ1n) is 8.79. The van der Waals surface area contributed by atoms with E-state index in [1.54, 1.807) is 0 Å². The van der Waals surface area contributed by atoms with Crippen LogP contribution in [-0.4, -0.2) is 34.9 Å². The van der Waals surface area contributed by atoms with Crippen molar-refractivity contribution in [2.75, 3.05) is 6.54 Å². The third kappa shape index (κ3) is 2.93. The van der Waals surface area contributed by atoms with Gasteiger partial charge in [0, 0.05) is 19.8 Å². The zero-order valence-electron chi connectivity index (χ0n) is 14.9. The number of nitrogens with zero attached hydrogens (tertiary/aromatic N) is 2. The van der Waals surface area contributed by atoms with E-state index < -0.39 is 16.0 Å². The van der Waals surface area contributed by atoms with E-state index in [4.69, 9.17) is 0 Å². The highest BCUT2D eigenvalue weighted by Gasteiger charge is 2.37. The number of hydrogen-bond acceptors (Lipinski definition) is 3. The van der Waals surface area contributed by atoms with Crippen LogP contribution in [0.1, 0.15) is 34.9 Å². The lowest BCUT2D eigenvalue weighted by Gasteiger charge is -2.25. The molecule has 0 aliphatic carbocycles. The van der Waals surface area contributed by atoms with Gasteiger partial charge in [0.15, 0.2) is 0 Å². The molecule has 1 aliphatic rings. The normalized spacial score (nSPS) is 18.2. The summed E-state index contributed by atoms with van der Waals surface area (Å²) in [5, 5.41) is 11.4. The number of fused-ring (bicyclic) bond motifs is 1. The van der Waals surface area contributed by atoms with Crippen LogP contribution in [0.15, 0.2) is 59.6 Å². The molecule has 140 valence electrons. The highest BCUT2D eigenvalue weighted by Crippen LogP contribution is 2.39. The average molecular weight is 384 g/mol. The van der Waals surface area contributed by atoms with Gasteiger partial charge < -0.3 is 9.67 Å². The second-order valence-corrected chi connectivity index (χ2v) is 8.71. The smallest absolute Gasteiger partial charge is 0.352 e. The van der Waals surface area contributed by atoms with Crippen molar-refractivity contribution in [2.45, 2.75) is 23.8 Å². The van der Waals surface area contributed by atoms with Crippen molar-refractivity contribution in [1.82, 2.24) is 8.87 Å². The van der Waals surface area contributed by atoms with E-state index in [0.29, 0.717) is 6.54 Å². The third-order valence-corrected chi connectivity index (χ3v) is 7.07. The number of aryl methyl sites for hydroxylation is 1. The van der Waals surface area contributed by atoms with Gasteiger partial charge in [0.1, 0.15) is 10.6 Å². The third-order valence-electron chi connectivity index (χ3n) is 5.19. The number of carbonyl (C=O) groups is 1. The van der Waals surface area contributed by atoms with E-state index in [0.717, 1.165) is 29.2 Å². The molecule has 4 rings (SSSR count). The second-order valence-electron chi connectivity index (χ2n) is 6.82.